The summed E-state index contributed by atoms with van der Waals surface area (Å²) >= 11 is 0. The van der Waals surface area contributed by atoms with E-state index in [4.69, 9.17) is 9.47 Å². The van der Waals surface area contributed by atoms with Gasteiger partial charge in [0.2, 0.25) is 0 Å². The Balaban J connectivity index is 1.79. The molecular formula is C33H36O5. The van der Waals surface area contributed by atoms with E-state index in [9.17, 15) is 14.7 Å². The van der Waals surface area contributed by atoms with Crippen molar-refractivity contribution < 1.29 is 24.2 Å². The van der Waals surface area contributed by atoms with Crippen LogP contribution in [0.4, 0.5) is 0 Å². The van der Waals surface area contributed by atoms with E-state index < -0.39 is 18.5 Å². The first-order valence-electron chi connectivity index (χ1n) is 13.0. The first kappa shape index (κ1) is 28.6. The zero-order chi connectivity index (χ0) is 27.5. The van der Waals surface area contributed by atoms with Crippen molar-refractivity contribution in [2.24, 2.45) is 0 Å². The van der Waals surface area contributed by atoms with Gasteiger partial charge < -0.3 is 14.6 Å². The molecule has 0 amide bonds. The number of carbonyl (C=O) groups excluding carboxylic acids is 2. The molecule has 0 unspecified atom stereocenters. The lowest BCUT2D eigenvalue weighted by atomic mass is 9.97. The van der Waals surface area contributed by atoms with Crippen LogP contribution in [0.5, 0.6) is 5.75 Å². The third kappa shape index (κ3) is 8.02. The maximum absolute atomic E-state index is 12.2. The van der Waals surface area contributed by atoms with Gasteiger partial charge in [0.25, 0.3) is 0 Å². The Hall–Kier alpha value is -3.96. The van der Waals surface area contributed by atoms with Crippen molar-refractivity contribution in [1.82, 2.24) is 0 Å². The molecular weight excluding hydrogens is 476 g/mol. The molecule has 5 heteroatoms. The molecule has 5 nitrogen and oxygen atoms in total. The minimum absolute atomic E-state index is 0.0432. The second-order valence-electron chi connectivity index (χ2n) is 9.37. The standard InChI is InChI=1S/C33H36O5/c1-5-6-7-8-25-9-11-26(12-10-25)27-13-15-28(16-14-27)29-17-18-31(38-33(36)24(4)22-34)30(21-29)19-20-37-32(35)23(2)3/h9-18,21,34H,2,4-8,19-20,22H2,1,3H3. The van der Waals surface area contributed by atoms with Gasteiger partial charge in [0.1, 0.15) is 5.75 Å². The Morgan fingerprint density at radius 1 is 0.789 bits per heavy atom. The maximum atomic E-state index is 12.2. The number of unbranched alkanes of at least 4 members (excludes halogenated alkanes) is 2. The lowest BCUT2D eigenvalue weighted by Gasteiger charge is -2.13. The Morgan fingerprint density at radius 2 is 1.37 bits per heavy atom. The lowest BCUT2D eigenvalue weighted by Crippen LogP contribution is -2.15. The number of esters is 2. The van der Waals surface area contributed by atoms with Gasteiger partial charge in [-0.2, -0.15) is 0 Å². The van der Waals surface area contributed by atoms with Gasteiger partial charge in [0, 0.05) is 12.0 Å². The molecule has 1 N–H and O–H groups in total. The fraction of sp³-hybridized carbons (Fsp3) is 0.273. The van der Waals surface area contributed by atoms with Crippen LogP contribution in [0, 0.1) is 0 Å². The van der Waals surface area contributed by atoms with Gasteiger partial charge in [-0.3, -0.25) is 0 Å². The highest BCUT2D eigenvalue weighted by atomic mass is 16.5. The highest BCUT2D eigenvalue weighted by Gasteiger charge is 2.14. The van der Waals surface area contributed by atoms with Crippen LogP contribution in [-0.4, -0.2) is 30.3 Å². The minimum Gasteiger partial charge on any atom is -0.462 e. The Morgan fingerprint density at radius 3 is 1.95 bits per heavy atom. The summed E-state index contributed by atoms with van der Waals surface area (Å²) < 4.78 is 10.7. The second-order valence-corrected chi connectivity index (χ2v) is 9.37. The van der Waals surface area contributed by atoms with Crippen molar-refractivity contribution in [2.75, 3.05) is 13.2 Å². The van der Waals surface area contributed by atoms with Crippen LogP contribution >= 0.6 is 0 Å². The van der Waals surface area contributed by atoms with Crippen LogP contribution in [0.3, 0.4) is 0 Å². The molecule has 0 spiro atoms. The van der Waals surface area contributed by atoms with Crippen molar-refractivity contribution in [2.45, 2.75) is 46.0 Å². The molecule has 0 fully saturated rings. The van der Waals surface area contributed by atoms with E-state index >= 15 is 0 Å². The molecule has 3 aromatic carbocycles. The summed E-state index contributed by atoms with van der Waals surface area (Å²) in [7, 11) is 0. The van der Waals surface area contributed by atoms with Gasteiger partial charge in [-0.15, -0.1) is 0 Å². The van der Waals surface area contributed by atoms with Crippen molar-refractivity contribution in [3.05, 3.63) is 102 Å². The van der Waals surface area contributed by atoms with Gasteiger partial charge in [-0.05, 0) is 65.3 Å². The number of carbonyl (C=O) groups is 2. The summed E-state index contributed by atoms with van der Waals surface area (Å²) in [5, 5.41) is 9.20. The van der Waals surface area contributed by atoms with E-state index in [1.54, 1.807) is 13.0 Å². The molecule has 0 saturated heterocycles. The predicted molar refractivity (Wildman–Crippen MR) is 152 cm³/mol. The number of aryl methyl sites for hydroxylation is 1. The average molecular weight is 513 g/mol. The van der Waals surface area contributed by atoms with Gasteiger partial charge in [0.05, 0.1) is 18.8 Å². The third-order valence-electron chi connectivity index (χ3n) is 6.27. The first-order chi connectivity index (χ1) is 18.3. The number of hydrogen-bond donors (Lipinski definition) is 1. The largest absolute Gasteiger partial charge is 0.462 e. The smallest absolute Gasteiger partial charge is 0.341 e. The van der Waals surface area contributed by atoms with Crippen molar-refractivity contribution in [1.29, 1.82) is 0 Å². The van der Waals surface area contributed by atoms with Crippen LogP contribution in [0.25, 0.3) is 22.3 Å². The summed E-state index contributed by atoms with van der Waals surface area (Å²) in [6.07, 6.45) is 5.15. The molecule has 3 rings (SSSR count). The summed E-state index contributed by atoms with van der Waals surface area (Å²) in [6, 6.07) is 22.5. The highest BCUT2D eigenvalue weighted by Crippen LogP contribution is 2.30. The van der Waals surface area contributed by atoms with Gasteiger partial charge in [-0.1, -0.05) is 87.5 Å². The van der Waals surface area contributed by atoms with Gasteiger partial charge in [-0.25, -0.2) is 9.59 Å². The first-order valence-corrected chi connectivity index (χ1v) is 13.0. The number of hydrogen-bond acceptors (Lipinski definition) is 5. The number of aliphatic hydroxyl groups excluding tert-OH is 1. The number of aliphatic hydroxyl groups is 1. The normalized spacial score (nSPS) is 10.6. The van der Waals surface area contributed by atoms with Crippen LogP contribution in [-0.2, 0) is 27.2 Å². The molecule has 0 bridgehead atoms. The van der Waals surface area contributed by atoms with E-state index in [-0.39, 0.29) is 12.2 Å². The zero-order valence-corrected chi connectivity index (χ0v) is 22.3. The summed E-state index contributed by atoms with van der Waals surface area (Å²) in [6.45, 7) is 10.5. The van der Waals surface area contributed by atoms with Crippen LogP contribution in [0.1, 0.15) is 44.2 Å². The fourth-order valence-corrected chi connectivity index (χ4v) is 3.97. The predicted octanol–water partition coefficient (Wildman–Crippen LogP) is 6.87. The molecule has 0 atom stereocenters. The van der Waals surface area contributed by atoms with Crippen molar-refractivity contribution in [3.63, 3.8) is 0 Å². The molecule has 0 aliphatic carbocycles. The van der Waals surface area contributed by atoms with Crippen LogP contribution < -0.4 is 4.74 Å². The maximum Gasteiger partial charge on any atom is 0.341 e. The molecule has 0 aliphatic heterocycles. The zero-order valence-electron chi connectivity index (χ0n) is 22.3. The van der Waals surface area contributed by atoms with Crippen molar-refractivity contribution >= 4 is 11.9 Å². The van der Waals surface area contributed by atoms with E-state index in [1.165, 1.54) is 30.4 Å². The molecule has 38 heavy (non-hydrogen) atoms. The molecule has 0 radical (unpaired) electrons. The van der Waals surface area contributed by atoms with Crippen LogP contribution in [0.15, 0.2) is 91.0 Å². The summed E-state index contributed by atoms with van der Waals surface area (Å²) in [5.74, 6) is -0.852. The molecule has 3 aromatic rings. The SMILES string of the molecule is C=C(C)C(=O)OCCc1cc(-c2ccc(-c3ccc(CCCCC)cc3)cc2)ccc1OC(=O)C(=C)CO. The summed E-state index contributed by atoms with van der Waals surface area (Å²) in [4.78, 5) is 24.0. The molecule has 0 saturated carbocycles. The Kier molecular flexibility index (Phi) is 10.6. The topological polar surface area (TPSA) is 72.8 Å². The minimum atomic E-state index is -0.707. The Labute approximate surface area is 225 Å². The molecule has 0 aromatic heterocycles. The average Bonchev–Trinajstić information content (AvgIpc) is 2.93. The number of rotatable bonds is 13. The van der Waals surface area contributed by atoms with Crippen LogP contribution in [0.2, 0.25) is 0 Å². The number of ether oxygens (including phenoxy) is 2. The van der Waals surface area contributed by atoms with E-state index in [0.29, 0.717) is 23.3 Å². The van der Waals surface area contributed by atoms with E-state index in [1.807, 2.05) is 12.1 Å². The molecule has 0 heterocycles. The second kappa shape index (κ2) is 14.1. The molecule has 0 aliphatic rings. The van der Waals surface area contributed by atoms with E-state index in [0.717, 1.165) is 23.1 Å². The third-order valence-corrected chi connectivity index (χ3v) is 6.27. The van der Waals surface area contributed by atoms with Crippen molar-refractivity contribution in [3.8, 4) is 28.0 Å². The monoisotopic (exact) mass is 512 g/mol. The highest BCUT2D eigenvalue weighted by molar-refractivity contribution is 5.90. The van der Waals surface area contributed by atoms with Gasteiger partial charge >= 0.3 is 11.9 Å². The lowest BCUT2D eigenvalue weighted by molar-refractivity contribution is -0.139. The fourth-order valence-electron chi connectivity index (χ4n) is 3.97. The summed E-state index contributed by atoms with van der Waals surface area (Å²) in [5.41, 5.74) is 6.57. The quantitative estimate of drug-likeness (QED) is 0.117. The Bertz CT molecular complexity index is 1270. The van der Waals surface area contributed by atoms with Gasteiger partial charge in [0.15, 0.2) is 0 Å². The van der Waals surface area contributed by atoms with E-state index in [2.05, 4.69) is 68.6 Å². The molecule has 198 valence electrons. The number of benzene rings is 3.